The summed E-state index contributed by atoms with van der Waals surface area (Å²) in [5.41, 5.74) is 4.09. The van der Waals surface area contributed by atoms with Crippen LogP contribution in [0.25, 0.3) is 0 Å². The average molecular weight is 319 g/mol. The molecule has 0 heterocycles. The van der Waals surface area contributed by atoms with E-state index in [1.807, 2.05) is 6.07 Å². The minimum Gasteiger partial charge on any atom is -0.497 e. The van der Waals surface area contributed by atoms with Crippen molar-refractivity contribution in [1.82, 2.24) is 0 Å². The molecule has 0 aliphatic carbocycles. The van der Waals surface area contributed by atoms with Crippen LogP contribution in [-0.2, 0) is 6.42 Å². The van der Waals surface area contributed by atoms with Gasteiger partial charge in [-0.3, -0.25) is 0 Å². The van der Waals surface area contributed by atoms with Gasteiger partial charge in [0.1, 0.15) is 5.75 Å². The number of ether oxygens (including phenoxy) is 1. The van der Waals surface area contributed by atoms with Crippen LogP contribution in [0, 0.1) is 6.92 Å². The Morgan fingerprint density at radius 3 is 2.58 bits per heavy atom. The number of methoxy groups -OCH3 is 1. The van der Waals surface area contributed by atoms with Gasteiger partial charge in [0.25, 0.3) is 0 Å². The molecule has 2 aromatic rings. The third kappa shape index (κ3) is 3.60. The number of halogens is 1. The zero-order valence-corrected chi connectivity index (χ0v) is 13.0. The highest BCUT2D eigenvalue weighted by atomic mass is 79.9. The second-order valence-corrected chi connectivity index (χ2v) is 5.41. The summed E-state index contributed by atoms with van der Waals surface area (Å²) in [4.78, 5) is 0. The van der Waals surface area contributed by atoms with E-state index in [9.17, 15) is 0 Å². The zero-order chi connectivity index (χ0) is 13.7. The molecular formula is C17H19BrO. The van der Waals surface area contributed by atoms with E-state index in [1.54, 1.807) is 7.11 Å². The van der Waals surface area contributed by atoms with Crippen molar-refractivity contribution in [3.8, 4) is 5.75 Å². The lowest BCUT2D eigenvalue weighted by atomic mass is 9.91. The average Bonchev–Trinajstić information content (AvgIpc) is 2.46. The fraction of sp³-hybridized carbons (Fsp3) is 0.294. The Hall–Kier alpha value is -1.28. The Labute approximate surface area is 123 Å². The monoisotopic (exact) mass is 318 g/mol. The van der Waals surface area contributed by atoms with E-state index >= 15 is 0 Å². The van der Waals surface area contributed by atoms with E-state index in [-0.39, 0.29) is 0 Å². The van der Waals surface area contributed by atoms with Crippen LogP contribution in [0.4, 0.5) is 0 Å². The van der Waals surface area contributed by atoms with Crippen LogP contribution in [0.1, 0.15) is 22.6 Å². The predicted molar refractivity (Wildman–Crippen MR) is 84.4 cm³/mol. The second-order valence-electron chi connectivity index (χ2n) is 4.76. The van der Waals surface area contributed by atoms with E-state index in [4.69, 9.17) is 4.74 Å². The SMILES string of the molecule is COc1cccc(CC(CBr)c2ccccc2C)c1. The number of alkyl halides is 1. The first kappa shape index (κ1) is 14.1. The van der Waals surface area contributed by atoms with Gasteiger partial charge < -0.3 is 4.74 Å². The number of hydrogen-bond donors (Lipinski definition) is 0. The van der Waals surface area contributed by atoms with E-state index in [2.05, 4.69) is 65.3 Å². The quantitative estimate of drug-likeness (QED) is 0.724. The maximum atomic E-state index is 5.29. The summed E-state index contributed by atoms with van der Waals surface area (Å²) < 4.78 is 5.29. The van der Waals surface area contributed by atoms with Gasteiger partial charge in [-0.1, -0.05) is 52.3 Å². The van der Waals surface area contributed by atoms with Crippen LogP contribution in [-0.4, -0.2) is 12.4 Å². The number of rotatable bonds is 5. The van der Waals surface area contributed by atoms with Crippen molar-refractivity contribution in [2.45, 2.75) is 19.3 Å². The topological polar surface area (TPSA) is 9.23 Å². The lowest BCUT2D eigenvalue weighted by Gasteiger charge is -2.17. The third-order valence-electron chi connectivity index (χ3n) is 3.43. The number of hydrogen-bond acceptors (Lipinski definition) is 1. The van der Waals surface area contributed by atoms with Crippen molar-refractivity contribution in [3.05, 3.63) is 65.2 Å². The van der Waals surface area contributed by atoms with Crippen molar-refractivity contribution < 1.29 is 4.74 Å². The smallest absolute Gasteiger partial charge is 0.119 e. The van der Waals surface area contributed by atoms with E-state index < -0.39 is 0 Å². The van der Waals surface area contributed by atoms with Gasteiger partial charge in [0.15, 0.2) is 0 Å². The molecule has 0 aliphatic heterocycles. The van der Waals surface area contributed by atoms with Crippen molar-refractivity contribution in [3.63, 3.8) is 0 Å². The summed E-state index contributed by atoms with van der Waals surface area (Å²) in [5.74, 6) is 1.42. The van der Waals surface area contributed by atoms with Crippen LogP contribution >= 0.6 is 15.9 Å². The van der Waals surface area contributed by atoms with Crippen LogP contribution < -0.4 is 4.74 Å². The molecule has 1 nitrogen and oxygen atoms in total. The van der Waals surface area contributed by atoms with Crippen molar-refractivity contribution in [2.24, 2.45) is 0 Å². The second kappa shape index (κ2) is 6.76. The Kier molecular flexibility index (Phi) is 5.03. The van der Waals surface area contributed by atoms with Gasteiger partial charge in [-0.05, 0) is 48.1 Å². The fourth-order valence-electron chi connectivity index (χ4n) is 2.38. The molecule has 0 bridgehead atoms. The maximum Gasteiger partial charge on any atom is 0.119 e. The van der Waals surface area contributed by atoms with Gasteiger partial charge in [-0.25, -0.2) is 0 Å². The van der Waals surface area contributed by atoms with Gasteiger partial charge in [0.2, 0.25) is 0 Å². The highest BCUT2D eigenvalue weighted by molar-refractivity contribution is 9.09. The number of aryl methyl sites for hydroxylation is 1. The van der Waals surface area contributed by atoms with Crippen molar-refractivity contribution in [2.75, 3.05) is 12.4 Å². The Morgan fingerprint density at radius 2 is 1.89 bits per heavy atom. The highest BCUT2D eigenvalue weighted by Gasteiger charge is 2.13. The minimum atomic E-state index is 0.494. The van der Waals surface area contributed by atoms with E-state index in [0.717, 1.165) is 17.5 Å². The first-order valence-electron chi connectivity index (χ1n) is 6.49. The first-order chi connectivity index (χ1) is 9.24. The number of benzene rings is 2. The standard InChI is InChI=1S/C17H19BrO/c1-13-6-3-4-9-17(13)15(12-18)10-14-7-5-8-16(11-14)19-2/h3-9,11,15H,10,12H2,1-2H3. The Balaban J connectivity index is 2.21. The lowest BCUT2D eigenvalue weighted by Crippen LogP contribution is -2.06. The van der Waals surface area contributed by atoms with Crippen LogP contribution in [0.15, 0.2) is 48.5 Å². The van der Waals surface area contributed by atoms with E-state index in [0.29, 0.717) is 5.92 Å². The molecule has 0 amide bonds. The van der Waals surface area contributed by atoms with Gasteiger partial charge in [0, 0.05) is 5.33 Å². The molecule has 0 spiro atoms. The molecule has 0 fully saturated rings. The molecule has 0 saturated carbocycles. The zero-order valence-electron chi connectivity index (χ0n) is 11.4. The Bertz CT molecular complexity index is 536. The first-order valence-corrected chi connectivity index (χ1v) is 7.61. The van der Waals surface area contributed by atoms with Gasteiger partial charge in [0.05, 0.1) is 7.11 Å². The van der Waals surface area contributed by atoms with Gasteiger partial charge >= 0.3 is 0 Å². The highest BCUT2D eigenvalue weighted by Crippen LogP contribution is 2.27. The summed E-state index contributed by atoms with van der Waals surface area (Å²) in [7, 11) is 1.71. The molecule has 1 atom stereocenters. The molecule has 2 rings (SSSR count). The van der Waals surface area contributed by atoms with Crippen molar-refractivity contribution in [1.29, 1.82) is 0 Å². The molecule has 0 radical (unpaired) electrons. The van der Waals surface area contributed by atoms with Crippen LogP contribution in [0.2, 0.25) is 0 Å². The summed E-state index contributed by atoms with van der Waals surface area (Å²) in [6.07, 6.45) is 1.02. The lowest BCUT2D eigenvalue weighted by molar-refractivity contribution is 0.414. The van der Waals surface area contributed by atoms with Gasteiger partial charge in [-0.2, -0.15) is 0 Å². The summed E-state index contributed by atoms with van der Waals surface area (Å²) in [6, 6.07) is 16.9. The largest absolute Gasteiger partial charge is 0.497 e. The molecule has 100 valence electrons. The molecular weight excluding hydrogens is 300 g/mol. The summed E-state index contributed by atoms with van der Waals surface area (Å²) in [5, 5.41) is 0.967. The fourth-order valence-corrected chi connectivity index (χ4v) is 2.95. The molecule has 0 saturated heterocycles. The normalized spacial score (nSPS) is 12.2. The minimum absolute atomic E-state index is 0.494. The summed E-state index contributed by atoms with van der Waals surface area (Å²) >= 11 is 3.65. The molecule has 1 unspecified atom stereocenters. The van der Waals surface area contributed by atoms with Crippen molar-refractivity contribution >= 4 is 15.9 Å². The van der Waals surface area contributed by atoms with E-state index in [1.165, 1.54) is 16.7 Å². The Morgan fingerprint density at radius 1 is 1.11 bits per heavy atom. The molecule has 19 heavy (non-hydrogen) atoms. The summed E-state index contributed by atoms with van der Waals surface area (Å²) in [6.45, 7) is 2.18. The van der Waals surface area contributed by atoms with Gasteiger partial charge in [-0.15, -0.1) is 0 Å². The molecule has 2 aromatic carbocycles. The third-order valence-corrected chi connectivity index (χ3v) is 4.21. The predicted octanol–water partition coefficient (Wildman–Crippen LogP) is 4.72. The maximum absolute atomic E-state index is 5.29. The molecule has 2 heteroatoms. The van der Waals surface area contributed by atoms with Crippen LogP contribution in [0.3, 0.4) is 0 Å². The molecule has 0 aliphatic rings. The molecule has 0 aromatic heterocycles. The molecule has 0 N–H and O–H groups in total. The van der Waals surface area contributed by atoms with Crippen LogP contribution in [0.5, 0.6) is 5.75 Å².